The van der Waals surface area contributed by atoms with Gasteiger partial charge in [-0.3, -0.25) is 4.79 Å². The van der Waals surface area contributed by atoms with Crippen LogP contribution in [0.5, 0.6) is 0 Å². The van der Waals surface area contributed by atoms with Crippen LogP contribution in [0.15, 0.2) is 12.7 Å². The summed E-state index contributed by atoms with van der Waals surface area (Å²) >= 11 is 0. The predicted octanol–water partition coefficient (Wildman–Crippen LogP) is 1.41. The summed E-state index contributed by atoms with van der Waals surface area (Å²) in [6.45, 7) is 7.47. The molecule has 1 heterocycles. The molecule has 0 aliphatic carbocycles. The third-order valence-electron chi connectivity index (χ3n) is 2.03. The van der Waals surface area contributed by atoms with Gasteiger partial charge in [0.2, 0.25) is 5.91 Å². The lowest BCUT2D eigenvalue weighted by Gasteiger charge is -2.02. The molecule has 4 heteroatoms. The quantitative estimate of drug-likeness (QED) is 0.569. The van der Waals surface area contributed by atoms with Crippen LogP contribution >= 0.6 is 0 Å². The normalized spacial score (nSPS) is 18.5. The molecule has 1 rings (SSSR count). The minimum atomic E-state index is -0.359. The lowest BCUT2D eigenvalue weighted by molar-refractivity contribution is -0.137. The molecule has 15 heavy (non-hydrogen) atoms. The van der Waals surface area contributed by atoms with Gasteiger partial charge in [-0.1, -0.05) is 13.5 Å². The number of esters is 1. The summed E-state index contributed by atoms with van der Waals surface area (Å²) in [5, 5.41) is 2.86. The highest BCUT2D eigenvalue weighted by Gasteiger charge is 2.17. The Morgan fingerprint density at radius 3 is 2.53 bits per heavy atom. The maximum Gasteiger partial charge on any atom is 0.330 e. The van der Waals surface area contributed by atoms with E-state index in [0.717, 1.165) is 25.3 Å². The number of rotatable bonds is 3. The number of carbonyl (C=O) groups excluding carboxylic acids is 2. The van der Waals surface area contributed by atoms with Gasteiger partial charge in [-0.15, -0.1) is 0 Å². The van der Waals surface area contributed by atoms with Crippen LogP contribution in [0.4, 0.5) is 0 Å². The highest BCUT2D eigenvalue weighted by molar-refractivity contribution is 5.81. The second-order valence-electron chi connectivity index (χ2n) is 3.17. The fourth-order valence-electron chi connectivity index (χ4n) is 1.18. The van der Waals surface area contributed by atoms with Crippen molar-refractivity contribution in [3.63, 3.8) is 0 Å². The van der Waals surface area contributed by atoms with Crippen LogP contribution in [0.3, 0.4) is 0 Å². The molecule has 1 aliphatic heterocycles. The molecule has 1 saturated heterocycles. The summed E-state index contributed by atoms with van der Waals surface area (Å²) in [6.07, 6.45) is 3.99. The first-order valence-corrected chi connectivity index (χ1v) is 5.22. The van der Waals surface area contributed by atoms with Gasteiger partial charge in [-0.2, -0.15) is 0 Å². The highest BCUT2D eigenvalue weighted by atomic mass is 16.5. The van der Waals surface area contributed by atoms with Gasteiger partial charge >= 0.3 is 5.97 Å². The molecule has 4 nitrogen and oxygen atoms in total. The summed E-state index contributed by atoms with van der Waals surface area (Å²) in [4.78, 5) is 20.6. The maximum atomic E-state index is 10.5. The minimum absolute atomic E-state index is 0.219. The summed E-state index contributed by atoms with van der Waals surface area (Å²) < 4.78 is 4.43. The van der Waals surface area contributed by atoms with Gasteiger partial charge in [0.1, 0.15) is 0 Å². The van der Waals surface area contributed by atoms with E-state index >= 15 is 0 Å². The Morgan fingerprint density at radius 1 is 1.67 bits per heavy atom. The van der Waals surface area contributed by atoms with E-state index < -0.39 is 0 Å². The molecular formula is C11H19NO3. The monoisotopic (exact) mass is 213 g/mol. The van der Waals surface area contributed by atoms with Crippen LogP contribution < -0.4 is 5.32 Å². The second-order valence-corrected chi connectivity index (χ2v) is 3.17. The Balaban J connectivity index is 0.000000265. The third kappa shape index (κ3) is 6.71. The first-order chi connectivity index (χ1) is 7.13. The SMILES string of the molecule is C=CC(=O)OCC.CCC1CCC(=O)N1. The van der Waals surface area contributed by atoms with Crippen molar-refractivity contribution in [2.75, 3.05) is 6.61 Å². The molecule has 1 atom stereocenters. The fraction of sp³-hybridized carbons (Fsp3) is 0.636. The van der Waals surface area contributed by atoms with E-state index in [1.807, 2.05) is 0 Å². The third-order valence-corrected chi connectivity index (χ3v) is 2.03. The Kier molecular flexibility index (Phi) is 7.32. The number of carbonyl (C=O) groups is 2. The van der Waals surface area contributed by atoms with Gasteiger partial charge in [0, 0.05) is 18.5 Å². The first kappa shape index (κ1) is 13.7. The number of ether oxygens (including phenoxy) is 1. The van der Waals surface area contributed by atoms with E-state index in [9.17, 15) is 9.59 Å². The molecule has 0 aromatic carbocycles. The standard InChI is InChI=1S/C6H11NO.C5H8O2/c1-2-5-3-4-6(8)7-5;1-3-5(6)7-4-2/h5H,2-4H2,1H3,(H,7,8);3H,1,4H2,2H3. The van der Waals surface area contributed by atoms with Crippen molar-refractivity contribution in [1.29, 1.82) is 0 Å². The molecule has 86 valence electrons. The van der Waals surface area contributed by atoms with Gasteiger partial charge < -0.3 is 10.1 Å². The van der Waals surface area contributed by atoms with Crippen molar-refractivity contribution < 1.29 is 14.3 Å². The molecule has 1 unspecified atom stereocenters. The summed E-state index contributed by atoms with van der Waals surface area (Å²) in [5.74, 6) is -0.139. The zero-order valence-electron chi connectivity index (χ0n) is 9.41. The Labute approximate surface area is 90.7 Å². The minimum Gasteiger partial charge on any atom is -0.463 e. The number of amides is 1. The van der Waals surface area contributed by atoms with Crippen molar-refractivity contribution in [1.82, 2.24) is 5.32 Å². The van der Waals surface area contributed by atoms with E-state index in [4.69, 9.17) is 0 Å². The van der Waals surface area contributed by atoms with Crippen LogP contribution in [0.25, 0.3) is 0 Å². The van der Waals surface area contributed by atoms with Crippen molar-refractivity contribution in [2.24, 2.45) is 0 Å². The lowest BCUT2D eigenvalue weighted by Crippen LogP contribution is -2.23. The zero-order chi connectivity index (χ0) is 11.7. The number of hydrogen-bond donors (Lipinski definition) is 1. The molecular weight excluding hydrogens is 194 g/mol. The van der Waals surface area contributed by atoms with Crippen LogP contribution in [-0.2, 0) is 14.3 Å². The molecule has 0 aromatic heterocycles. The van der Waals surface area contributed by atoms with Crippen molar-refractivity contribution >= 4 is 11.9 Å². The Bertz CT molecular complexity index is 226. The molecule has 0 spiro atoms. The average Bonchev–Trinajstić information content (AvgIpc) is 2.65. The van der Waals surface area contributed by atoms with Crippen LogP contribution in [0, 0.1) is 0 Å². The first-order valence-electron chi connectivity index (χ1n) is 5.22. The highest BCUT2D eigenvalue weighted by Crippen LogP contribution is 2.08. The smallest absolute Gasteiger partial charge is 0.330 e. The van der Waals surface area contributed by atoms with Crippen molar-refractivity contribution in [2.45, 2.75) is 39.2 Å². The lowest BCUT2D eigenvalue weighted by atomic mass is 10.2. The molecule has 0 bridgehead atoms. The van der Waals surface area contributed by atoms with Gasteiger partial charge in [0.05, 0.1) is 6.61 Å². The topological polar surface area (TPSA) is 55.4 Å². The number of hydrogen-bond acceptors (Lipinski definition) is 3. The Morgan fingerprint density at radius 2 is 2.33 bits per heavy atom. The van der Waals surface area contributed by atoms with Gasteiger partial charge in [0.15, 0.2) is 0 Å². The molecule has 0 radical (unpaired) electrons. The van der Waals surface area contributed by atoms with Gasteiger partial charge in [0.25, 0.3) is 0 Å². The molecule has 0 aromatic rings. The Hall–Kier alpha value is -1.32. The summed E-state index contributed by atoms with van der Waals surface area (Å²) in [5.41, 5.74) is 0. The molecule has 1 fully saturated rings. The summed E-state index contributed by atoms with van der Waals surface area (Å²) in [6, 6.07) is 0.475. The zero-order valence-corrected chi connectivity index (χ0v) is 9.41. The van der Waals surface area contributed by atoms with E-state index in [-0.39, 0.29) is 11.9 Å². The van der Waals surface area contributed by atoms with Crippen LogP contribution in [0.2, 0.25) is 0 Å². The maximum absolute atomic E-state index is 10.5. The van der Waals surface area contributed by atoms with Crippen LogP contribution in [-0.4, -0.2) is 24.5 Å². The van der Waals surface area contributed by atoms with Crippen molar-refractivity contribution in [3.05, 3.63) is 12.7 Å². The van der Waals surface area contributed by atoms with Gasteiger partial charge in [-0.05, 0) is 19.8 Å². The van der Waals surface area contributed by atoms with Crippen molar-refractivity contribution in [3.8, 4) is 0 Å². The largest absolute Gasteiger partial charge is 0.463 e. The summed E-state index contributed by atoms with van der Waals surface area (Å²) in [7, 11) is 0. The molecule has 1 aliphatic rings. The predicted molar refractivity (Wildman–Crippen MR) is 58.3 cm³/mol. The number of nitrogens with one attached hydrogen (secondary N) is 1. The second kappa shape index (κ2) is 8.03. The van der Waals surface area contributed by atoms with E-state index in [0.29, 0.717) is 12.6 Å². The van der Waals surface area contributed by atoms with E-state index in [1.54, 1.807) is 6.92 Å². The van der Waals surface area contributed by atoms with Crippen LogP contribution in [0.1, 0.15) is 33.1 Å². The fourth-order valence-corrected chi connectivity index (χ4v) is 1.18. The molecule has 0 saturated carbocycles. The van der Waals surface area contributed by atoms with E-state index in [1.165, 1.54) is 0 Å². The average molecular weight is 213 g/mol. The van der Waals surface area contributed by atoms with Gasteiger partial charge in [-0.25, -0.2) is 4.79 Å². The molecule has 1 amide bonds. The van der Waals surface area contributed by atoms with E-state index in [2.05, 4.69) is 23.6 Å². The molecule has 1 N–H and O–H groups in total.